The number of rotatable bonds is 4. The number of benzene rings is 3. The maximum atomic E-state index is 12.4. The minimum Gasteiger partial charge on any atom is -0.381 e. The van der Waals surface area contributed by atoms with Crippen molar-refractivity contribution in [1.29, 1.82) is 0 Å². The Morgan fingerprint density at radius 2 is 1.26 bits per heavy atom. The Balaban J connectivity index is 0.000000353. The summed E-state index contributed by atoms with van der Waals surface area (Å²) in [7, 11) is 0. The minimum atomic E-state index is -4.33. The molecule has 0 spiro atoms. The van der Waals surface area contributed by atoms with Crippen molar-refractivity contribution < 1.29 is 31.1 Å². The van der Waals surface area contributed by atoms with Crippen molar-refractivity contribution in [2.24, 2.45) is 0 Å². The zero-order valence-corrected chi connectivity index (χ0v) is 20.3. The van der Waals surface area contributed by atoms with Gasteiger partial charge in [0.15, 0.2) is 0 Å². The Morgan fingerprint density at radius 1 is 0.794 bits per heavy atom. The third-order valence-corrected chi connectivity index (χ3v) is 4.83. The van der Waals surface area contributed by atoms with E-state index in [1.54, 1.807) is 0 Å². The van der Waals surface area contributed by atoms with E-state index in [2.05, 4.69) is 21.2 Å². The van der Waals surface area contributed by atoms with Crippen molar-refractivity contribution in [2.45, 2.75) is 39.7 Å². The van der Waals surface area contributed by atoms with Crippen LogP contribution in [0.3, 0.4) is 0 Å². The van der Waals surface area contributed by atoms with Crippen LogP contribution in [0.4, 0.5) is 32.0 Å². The van der Waals surface area contributed by atoms with E-state index in [-0.39, 0.29) is 5.56 Å². The number of carbonyl (C=O) groups excluding carboxylic acids is 1. The van der Waals surface area contributed by atoms with E-state index in [1.165, 1.54) is 12.1 Å². The van der Waals surface area contributed by atoms with Crippen LogP contribution in [0.1, 0.15) is 46.5 Å². The van der Waals surface area contributed by atoms with Crippen LogP contribution in [0.2, 0.25) is 0 Å². The number of hydrogen-bond acceptors (Lipinski definition) is 2. The van der Waals surface area contributed by atoms with Crippen LogP contribution in [0, 0.1) is 6.92 Å². The van der Waals surface area contributed by atoms with E-state index < -0.39 is 23.5 Å². The lowest BCUT2D eigenvalue weighted by molar-refractivity contribution is -0.138. The molecule has 2 nitrogen and oxygen atoms in total. The van der Waals surface area contributed by atoms with Gasteiger partial charge in [-0.05, 0) is 54.4 Å². The second-order valence-electron chi connectivity index (χ2n) is 6.75. The maximum absolute atomic E-state index is 12.4. The molecule has 0 atom stereocenters. The molecular weight excluding hydrogens is 524 g/mol. The highest BCUT2D eigenvalue weighted by atomic mass is 79.9. The molecule has 0 radical (unpaired) electrons. The second kappa shape index (κ2) is 13.2. The van der Waals surface area contributed by atoms with Gasteiger partial charge in [0.25, 0.3) is 0 Å². The molecule has 9 heteroatoms. The molecule has 0 amide bonds. The predicted molar refractivity (Wildman–Crippen MR) is 126 cm³/mol. The third kappa shape index (κ3) is 9.59. The summed E-state index contributed by atoms with van der Waals surface area (Å²) in [6.45, 7) is 6.46. The molecule has 0 unspecified atom stereocenters. The standard InChI is InChI=1S/C15H13BrF3N.C8H5F3O.C2H6/c1-10-2-7-13(16)8-14(10)20-9-11-3-5-12(6-4-11)15(17,18)19;9-8(10,11)7-3-1-6(5-12)2-4-7;1-2/h2-8,20H,9H2,1H3;1-5H;1-2H3. The Kier molecular flexibility index (Phi) is 11.3. The lowest BCUT2D eigenvalue weighted by atomic mass is 10.1. The SMILES string of the molecule is CC.Cc1ccc(Br)cc1NCc1ccc(C(F)(F)F)cc1.O=Cc1ccc(C(F)(F)F)cc1. The maximum Gasteiger partial charge on any atom is 0.416 e. The van der Waals surface area contributed by atoms with Gasteiger partial charge in [-0.3, -0.25) is 4.79 Å². The molecule has 0 aliphatic heterocycles. The largest absolute Gasteiger partial charge is 0.416 e. The fourth-order valence-electron chi connectivity index (χ4n) is 2.54. The smallest absolute Gasteiger partial charge is 0.381 e. The van der Waals surface area contributed by atoms with Crippen LogP contribution >= 0.6 is 15.9 Å². The molecule has 0 aliphatic carbocycles. The topological polar surface area (TPSA) is 29.1 Å². The van der Waals surface area contributed by atoms with Gasteiger partial charge in [0, 0.05) is 22.3 Å². The van der Waals surface area contributed by atoms with Gasteiger partial charge in [-0.25, -0.2) is 0 Å². The summed E-state index contributed by atoms with van der Waals surface area (Å²) in [5.41, 5.74) is 1.72. The van der Waals surface area contributed by atoms with Crippen molar-refractivity contribution in [3.63, 3.8) is 0 Å². The molecule has 0 aliphatic rings. The summed E-state index contributed by atoms with van der Waals surface area (Å²) in [5, 5.41) is 3.22. The molecular formula is C25H24BrF6NO. The first-order valence-corrected chi connectivity index (χ1v) is 11.0. The van der Waals surface area contributed by atoms with E-state index in [4.69, 9.17) is 0 Å². The average Bonchev–Trinajstić information content (AvgIpc) is 2.80. The highest BCUT2D eigenvalue weighted by molar-refractivity contribution is 9.10. The molecule has 34 heavy (non-hydrogen) atoms. The molecule has 1 N–H and O–H groups in total. The van der Waals surface area contributed by atoms with E-state index in [0.717, 1.165) is 57.7 Å². The summed E-state index contributed by atoms with van der Waals surface area (Å²) < 4.78 is 74.1. The number of halogens is 7. The van der Waals surface area contributed by atoms with Gasteiger partial charge >= 0.3 is 12.4 Å². The zero-order chi connectivity index (χ0) is 25.9. The summed E-state index contributed by atoms with van der Waals surface area (Å²) in [6, 6.07) is 15.1. The van der Waals surface area contributed by atoms with Crippen molar-refractivity contribution in [2.75, 3.05) is 5.32 Å². The number of anilines is 1. The van der Waals surface area contributed by atoms with Gasteiger partial charge in [-0.15, -0.1) is 0 Å². The van der Waals surface area contributed by atoms with Crippen molar-refractivity contribution in [1.82, 2.24) is 0 Å². The highest BCUT2D eigenvalue weighted by Crippen LogP contribution is 2.30. The number of aryl methyl sites for hydroxylation is 1. The number of aldehydes is 1. The van der Waals surface area contributed by atoms with Gasteiger partial charge < -0.3 is 5.32 Å². The molecule has 184 valence electrons. The fraction of sp³-hybridized carbons (Fsp3) is 0.240. The minimum absolute atomic E-state index is 0.239. The summed E-state index contributed by atoms with van der Waals surface area (Å²) in [6.07, 6.45) is -8.12. The summed E-state index contributed by atoms with van der Waals surface area (Å²) >= 11 is 3.39. The second-order valence-corrected chi connectivity index (χ2v) is 7.66. The van der Waals surface area contributed by atoms with Crippen LogP contribution in [-0.4, -0.2) is 6.29 Å². The van der Waals surface area contributed by atoms with Gasteiger partial charge in [0.05, 0.1) is 11.1 Å². The number of alkyl halides is 6. The summed E-state index contributed by atoms with van der Waals surface area (Å²) in [4.78, 5) is 10.1. The van der Waals surface area contributed by atoms with E-state index in [1.807, 2.05) is 39.0 Å². The molecule has 3 rings (SSSR count). The molecule has 0 bridgehead atoms. The lowest BCUT2D eigenvalue weighted by Crippen LogP contribution is -2.06. The normalized spacial score (nSPS) is 10.9. The highest BCUT2D eigenvalue weighted by Gasteiger charge is 2.30. The molecule has 0 saturated heterocycles. The van der Waals surface area contributed by atoms with Gasteiger partial charge in [-0.2, -0.15) is 26.3 Å². The molecule has 3 aromatic rings. The van der Waals surface area contributed by atoms with Gasteiger partial charge in [0.1, 0.15) is 6.29 Å². The number of hydrogen-bond donors (Lipinski definition) is 1. The first kappa shape index (κ1) is 29.2. The zero-order valence-electron chi connectivity index (χ0n) is 18.7. The first-order valence-electron chi connectivity index (χ1n) is 10.2. The molecule has 0 saturated carbocycles. The van der Waals surface area contributed by atoms with Gasteiger partial charge in [-0.1, -0.05) is 60.1 Å². The van der Waals surface area contributed by atoms with Crippen molar-refractivity contribution in [3.05, 3.63) is 99.0 Å². The molecule has 0 fully saturated rings. The quantitative estimate of drug-likeness (QED) is 0.261. The molecule has 3 aromatic carbocycles. The Labute approximate surface area is 203 Å². The Morgan fingerprint density at radius 3 is 1.71 bits per heavy atom. The van der Waals surface area contributed by atoms with E-state index in [0.29, 0.717) is 12.8 Å². The molecule has 0 aromatic heterocycles. The number of carbonyl (C=O) groups is 1. The first-order chi connectivity index (χ1) is 15.9. The van der Waals surface area contributed by atoms with Crippen LogP contribution in [0.5, 0.6) is 0 Å². The number of nitrogens with one attached hydrogen (secondary N) is 1. The monoisotopic (exact) mass is 547 g/mol. The van der Waals surface area contributed by atoms with E-state index in [9.17, 15) is 31.1 Å². The van der Waals surface area contributed by atoms with E-state index >= 15 is 0 Å². The van der Waals surface area contributed by atoms with Crippen molar-refractivity contribution >= 4 is 27.9 Å². The van der Waals surface area contributed by atoms with Crippen LogP contribution in [-0.2, 0) is 18.9 Å². The van der Waals surface area contributed by atoms with Crippen molar-refractivity contribution in [3.8, 4) is 0 Å². The summed E-state index contributed by atoms with van der Waals surface area (Å²) in [5.74, 6) is 0. The van der Waals surface area contributed by atoms with Crippen LogP contribution in [0.15, 0.2) is 71.2 Å². The Bertz CT molecular complexity index is 1030. The van der Waals surface area contributed by atoms with Crippen LogP contribution < -0.4 is 5.32 Å². The third-order valence-electron chi connectivity index (χ3n) is 4.34. The Hall–Kier alpha value is -2.81. The fourth-order valence-corrected chi connectivity index (χ4v) is 2.91. The van der Waals surface area contributed by atoms with Gasteiger partial charge in [0.2, 0.25) is 0 Å². The predicted octanol–water partition coefficient (Wildman–Crippen LogP) is 8.93. The lowest BCUT2D eigenvalue weighted by Gasteiger charge is -2.11. The average molecular weight is 548 g/mol. The molecule has 0 heterocycles. The van der Waals surface area contributed by atoms with Crippen LogP contribution in [0.25, 0.3) is 0 Å².